The fourth-order valence-electron chi connectivity index (χ4n) is 5.10. The summed E-state index contributed by atoms with van der Waals surface area (Å²) < 4.78 is 6.38. The Kier molecular flexibility index (Phi) is 7.39. The van der Waals surface area contributed by atoms with Gasteiger partial charge in [-0.05, 0) is 57.4 Å². The molecule has 2 aromatic rings. The summed E-state index contributed by atoms with van der Waals surface area (Å²) in [6.45, 7) is 6.62. The third kappa shape index (κ3) is 5.53. The zero-order valence-electron chi connectivity index (χ0n) is 19.4. The Morgan fingerprint density at radius 3 is 2.55 bits per heavy atom. The van der Waals surface area contributed by atoms with Crippen LogP contribution < -0.4 is 4.74 Å². The minimum Gasteiger partial charge on any atom is -0.474 e. The molecule has 1 aliphatic heterocycles. The number of likely N-dealkylation sites (tertiary alicyclic amines) is 1. The first kappa shape index (κ1) is 22.4. The molecule has 1 atom stereocenters. The lowest BCUT2D eigenvalue weighted by atomic mass is 9.82. The summed E-state index contributed by atoms with van der Waals surface area (Å²) in [6, 6.07) is 0. The number of piperidine rings is 1. The van der Waals surface area contributed by atoms with E-state index in [1.54, 1.807) is 0 Å². The van der Waals surface area contributed by atoms with Crippen molar-refractivity contribution in [3.63, 3.8) is 0 Å². The number of aliphatic hydroxyl groups excluding tert-OH is 1. The average molecular weight is 427 g/mol. The van der Waals surface area contributed by atoms with Crippen LogP contribution in [0.25, 0.3) is 10.9 Å². The molecule has 1 N–H and O–H groups in total. The number of fused-ring (bicyclic) bond motifs is 1. The second-order valence-electron chi connectivity index (χ2n) is 9.79. The molecule has 2 aliphatic rings. The molecule has 1 aliphatic carbocycles. The first-order chi connectivity index (χ1) is 15.0. The maximum Gasteiger partial charge on any atom is 0.224 e. The molecule has 6 nitrogen and oxygen atoms in total. The number of ether oxygens (including phenoxy) is 1. The van der Waals surface area contributed by atoms with E-state index in [4.69, 9.17) is 19.7 Å². The molecule has 0 amide bonds. The fourth-order valence-corrected chi connectivity index (χ4v) is 5.10. The van der Waals surface area contributed by atoms with Crippen molar-refractivity contribution in [2.75, 3.05) is 20.1 Å². The molecule has 0 unspecified atom stereocenters. The lowest BCUT2D eigenvalue weighted by Gasteiger charge is -2.30. The van der Waals surface area contributed by atoms with Crippen molar-refractivity contribution >= 4 is 10.9 Å². The summed E-state index contributed by atoms with van der Waals surface area (Å²) in [5, 5.41) is 10.9. The van der Waals surface area contributed by atoms with Crippen molar-refractivity contribution in [3.8, 4) is 5.88 Å². The van der Waals surface area contributed by atoms with E-state index in [1.165, 1.54) is 18.4 Å². The van der Waals surface area contributed by atoms with Gasteiger partial charge in [-0.25, -0.2) is 15.0 Å². The molecule has 0 aromatic carbocycles. The molecule has 0 bridgehead atoms. The lowest BCUT2D eigenvalue weighted by Crippen LogP contribution is -2.35. The summed E-state index contributed by atoms with van der Waals surface area (Å²) in [7, 11) is 2.16. The Bertz CT molecular complexity index is 858. The first-order valence-electron chi connectivity index (χ1n) is 12.2. The van der Waals surface area contributed by atoms with Crippen LogP contribution >= 0.6 is 0 Å². The number of rotatable bonds is 7. The Hall–Kier alpha value is -1.79. The van der Waals surface area contributed by atoms with E-state index in [9.17, 15) is 5.11 Å². The van der Waals surface area contributed by atoms with Crippen molar-refractivity contribution in [2.45, 2.75) is 89.8 Å². The topological polar surface area (TPSA) is 71.4 Å². The second-order valence-corrected chi connectivity index (χ2v) is 9.79. The number of hydrogen-bond acceptors (Lipinski definition) is 6. The SMILES string of the molecule is CCC[C@@H](C)Cc1ncc2c(OC3CCN(C)CC3)ncc(C3CCC(O)CC3)c2n1. The minimum absolute atomic E-state index is 0.164. The number of aliphatic hydroxyl groups is 1. The van der Waals surface area contributed by atoms with Gasteiger partial charge in [-0.15, -0.1) is 0 Å². The van der Waals surface area contributed by atoms with Crippen LogP contribution in [0.1, 0.15) is 82.5 Å². The van der Waals surface area contributed by atoms with Gasteiger partial charge < -0.3 is 14.7 Å². The van der Waals surface area contributed by atoms with E-state index in [0.29, 0.717) is 17.7 Å². The molecule has 1 saturated carbocycles. The van der Waals surface area contributed by atoms with Crippen LogP contribution in [0.2, 0.25) is 0 Å². The molecule has 4 rings (SSSR count). The van der Waals surface area contributed by atoms with Crippen molar-refractivity contribution in [1.82, 2.24) is 19.9 Å². The van der Waals surface area contributed by atoms with Gasteiger partial charge in [0, 0.05) is 37.5 Å². The van der Waals surface area contributed by atoms with Crippen molar-refractivity contribution in [1.29, 1.82) is 0 Å². The van der Waals surface area contributed by atoms with E-state index in [-0.39, 0.29) is 12.2 Å². The van der Waals surface area contributed by atoms with E-state index in [0.717, 1.165) is 74.8 Å². The number of pyridine rings is 1. The van der Waals surface area contributed by atoms with Gasteiger partial charge in [0.2, 0.25) is 5.88 Å². The highest BCUT2D eigenvalue weighted by atomic mass is 16.5. The van der Waals surface area contributed by atoms with Gasteiger partial charge in [0.25, 0.3) is 0 Å². The van der Waals surface area contributed by atoms with Crippen LogP contribution in [0.5, 0.6) is 5.88 Å². The largest absolute Gasteiger partial charge is 0.474 e. The van der Waals surface area contributed by atoms with Crippen molar-refractivity contribution < 1.29 is 9.84 Å². The van der Waals surface area contributed by atoms with Gasteiger partial charge >= 0.3 is 0 Å². The molecule has 6 heteroatoms. The molecule has 2 fully saturated rings. The van der Waals surface area contributed by atoms with Crippen LogP contribution in [-0.2, 0) is 6.42 Å². The van der Waals surface area contributed by atoms with Crippen LogP contribution in [0.4, 0.5) is 0 Å². The Morgan fingerprint density at radius 1 is 1.10 bits per heavy atom. The molecule has 0 radical (unpaired) electrons. The number of aromatic nitrogens is 3. The van der Waals surface area contributed by atoms with Crippen LogP contribution in [0.3, 0.4) is 0 Å². The van der Waals surface area contributed by atoms with Gasteiger partial charge in [-0.2, -0.15) is 0 Å². The predicted molar refractivity (Wildman–Crippen MR) is 123 cm³/mol. The fraction of sp³-hybridized carbons (Fsp3) is 0.720. The monoisotopic (exact) mass is 426 g/mol. The van der Waals surface area contributed by atoms with Gasteiger partial charge in [-0.1, -0.05) is 26.7 Å². The molecule has 170 valence electrons. The van der Waals surface area contributed by atoms with Gasteiger partial charge in [-0.3, -0.25) is 0 Å². The van der Waals surface area contributed by atoms with Crippen LogP contribution in [0, 0.1) is 5.92 Å². The van der Waals surface area contributed by atoms with Gasteiger partial charge in [0.05, 0.1) is 17.0 Å². The Balaban J connectivity index is 1.65. The van der Waals surface area contributed by atoms with E-state index in [1.807, 2.05) is 12.4 Å². The van der Waals surface area contributed by atoms with Gasteiger partial charge in [0.1, 0.15) is 11.9 Å². The smallest absolute Gasteiger partial charge is 0.224 e. The van der Waals surface area contributed by atoms with Crippen LogP contribution in [0.15, 0.2) is 12.4 Å². The quantitative estimate of drug-likeness (QED) is 0.703. The summed E-state index contributed by atoms with van der Waals surface area (Å²) >= 11 is 0. The number of nitrogens with zero attached hydrogens (tertiary/aromatic N) is 4. The standard InChI is InChI=1S/C25H38N4O2/c1-4-5-17(2)14-23-26-16-22-24(28-23)21(18-6-8-19(30)9-7-18)15-27-25(22)31-20-10-12-29(3)13-11-20/h15-20,30H,4-14H2,1-3H3/t17-,18?,19?/m1/s1. The third-order valence-electron chi connectivity index (χ3n) is 7.06. The molecule has 3 heterocycles. The molecule has 2 aromatic heterocycles. The molecular weight excluding hydrogens is 388 g/mol. The summed E-state index contributed by atoms with van der Waals surface area (Å²) in [4.78, 5) is 16.9. The Morgan fingerprint density at radius 2 is 1.84 bits per heavy atom. The summed E-state index contributed by atoms with van der Waals surface area (Å²) in [6.07, 6.45) is 13.0. The van der Waals surface area contributed by atoms with E-state index >= 15 is 0 Å². The number of hydrogen-bond donors (Lipinski definition) is 1. The first-order valence-corrected chi connectivity index (χ1v) is 12.2. The Labute approximate surface area is 186 Å². The second kappa shape index (κ2) is 10.2. The maximum atomic E-state index is 9.96. The third-order valence-corrected chi connectivity index (χ3v) is 7.06. The normalized spacial score (nSPS) is 24.4. The highest BCUT2D eigenvalue weighted by Crippen LogP contribution is 2.38. The minimum atomic E-state index is -0.164. The predicted octanol–water partition coefficient (Wildman–Crippen LogP) is 4.50. The maximum absolute atomic E-state index is 9.96. The van der Waals surface area contributed by atoms with E-state index in [2.05, 4.69) is 25.8 Å². The van der Waals surface area contributed by atoms with Crippen molar-refractivity contribution in [2.24, 2.45) is 5.92 Å². The lowest BCUT2D eigenvalue weighted by molar-refractivity contribution is 0.111. The summed E-state index contributed by atoms with van der Waals surface area (Å²) in [5.41, 5.74) is 2.21. The molecule has 1 saturated heterocycles. The molecular formula is C25H38N4O2. The average Bonchev–Trinajstić information content (AvgIpc) is 2.76. The van der Waals surface area contributed by atoms with Crippen LogP contribution in [-0.4, -0.2) is 57.3 Å². The highest BCUT2D eigenvalue weighted by Gasteiger charge is 2.26. The summed E-state index contributed by atoms with van der Waals surface area (Å²) in [5.74, 6) is 2.57. The van der Waals surface area contributed by atoms with Gasteiger partial charge in [0.15, 0.2) is 0 Å². The zero-order chi connectivity index (χ0) is 21.8. The molecule has 0 spiro atoms. The van der Waals surface area contributed by atoms with Crippen molar-refractivity contribution in [3.05, 3.63) is 23.8 Å². The highest BCUT2D eigenvalue weighted by molar-refractivity contribution is 5.85. The zero-order valence-corrected chi connectivity index (χ0v) is 19.4. The molecule has 31 heavy (non-hydrogen) atoms. The van der Waals surface area contributed by atoms with E-state index < -0.39 is 0 Å².